The number of nitrogens with zero attached hydrogens (tertiary/aromatic N) is 4. The Balaban J connectivity index is 1.60. The van der Waals surface area contributed by atoms with Crippen molar-refractivity contribution < 1.29 is 14.2 Å². The summed E-state index contributed by atoms with van der Waals surface area (Å²) in [6.07, 6.45) is 0.515. The molecule has 0 unspecified atom stereocenters. The van der Waals surface area contributed by atoms with Crippen molar-refractivity contribution in [3.63, 3.8) is 0 Å². The Kier molecular flexibility index (Phi) is 4.89. The molecule has 1 aromatic heterocycles. The molecule has 1 atom stereocenters. The third kappa shape index (κ3) is 3.51. The second-order valence-corrected chi connectivity index (χ2v) is 6.61. The maximum absolute atomic E-state index is 13.2. The van der Waals surface area contributed by atoms with Crippen LogP contribution in [-0.2, 0) is 4.84 Å². The van der Waals surface area contributed by atoms with E-state index in [1.807, 2.05) is 54.6 Å². The van der Waals surface area contributed by atoms with Crippen LogP contribution in [0, 0.1) is 6.92 Å². The van der Waals surface area contributed by atoms with Gasteiger partial charge >= 0.3 is 0 Å². The molecule has 7 nitrogen and oxygen atoms in total. The molecule has 0 radical (unpaired) electrons. The summed E-state index contributed by atoms with van der Waals surface area (Å²) in [6, 6.07) is 17.3. The van der Waals surface area contributed by atoms with E-state index in [0.717, 1.165) is 16.8 Å². The van der Waals surface area contributed by atoms with E-state index in [0.29, 0.717) is 30.2 Å². The van der Waals surface area contributed by atoms with Crippen LogP contribution in [0.4, 0.5) is 0 Å². The van der Waals surface area contributed by atoms with Crippen LogP contribution in [0.15, 0.2) is 64.3 Å². The molecule has 2 aromatic carbocycles. The van der Waals surface area contributed by atoms with Crippen LogP contribution in [0.1, 0.15) is 34.5 Å². The summed E-state index contributed by atoms with van der Waals surface area (Å²) >= 11 is 0. The topological polar surface area (TPSA) is 80.8 Å². The van der Waals surface area contributed by atoms with E-state index in [1.54, 1.807) is 11.8 Å². The Hall–Kier alpha value is -3.48. The highest BCUT2D eigenvalue weighted by Gasteiger charge is 2.37. The first-order chi connectivity index (χ1) is 13.7. The molecule has 0 aliphatic carbocycles. The van der Waals surface area contributed by atoms with Gasteiger partial charge in [0.1, 0.15) is 13.2 Å². The van der Waals surface area contributed by atoms with E-state index in [-0.39, 0.29) is 11.9 Å². The van der Waals surface area contributed by atoms with Gasteiger partial charge in [0.15, 0.2) is 5.82 Å². The Morgan fingerprint density at radius 1 is 1.14 bits per heavy atom. The zero-order chi connectivity index (χ0) is 19.5. The molecule has 0 N–H and O–H groups in total. The van der Waals surface area contributed by atoms with Crippen LogP contribution in [-0.4, -0.2) is 40.3 Å². The lowest BCUT2D eigenvalue weighted by Crippen LogP contribution is -2.31. The number of carbonyl (C=O) groups excluding carboxylic acids is 1. The number of likely N-dealkylation sites (tertiary alicyclic amines) is 1. The monoisotopic (exact) mass is 376 g/mol. The summed E-state index contributed by atoms with van der Waals surface area (Å²) in [4.78, 5) is 24.1. The second-order valence-electron chi connectivity index (χ2n) is 6.61. The molecule has 0 saturated carbocycles. The lowest BCUT2D eigenvalue weighted by molar-refractivity contribution is 0.0732. The first-order valence-corrected chi connectivity index (χ1v) is 9.01. The normalized spacial score (nSPS) is 17.9. The fourth-order valence-corrected chi connectivity index (χ4v) is 3.40. The minimum Gasteiger partial charge on any atom is -0.399 e. The molecule has 7 heteroatoms. The highest BCUT2D eigenvalue weighted by Crippen LogP contribution is 2.31. The predicted octanol–water partition coefficient (Wildman–Crippen LogP) is 3.63. The van der Waals surface area contributed by atoms with Crippen molar-refractivity contribution in [3.8, 4) is 11.1 Å². The number of hydrogen-bond acceptors (Lipinski definition) is 6. The molecule has 1 aliphatic rings. The number of oxime groups is 1. The predicted molar refractivity (Wildman–Crippen MR) is 104 cm³/mol. The lowest BCUT2D eigenvalue weighted by Gasteiger charge is -2.21. The lowest BCUT2D eigenvalue weighted by atomic mass is 10.0. The van der Waals surface area contributed by atoms with Crippen molar-refractivity contribution in [1.29, 1.82) is 0 Å². The van der Waals surface area contributed by atoms with E-state index in [2.05, 4.69) is 15.3 Å². The summed E-state index contributed by atoms with van der Waals surface area (Å²) in [5.41, 5.74) is 3.54. The molecular formula is C21H20N4O3. The van der Waals surface area contributed by atoms with Gasteiger partial charge in [0.2, 0.25) is 5.89 Å². The number of aromatic nitrogens is 2. The molecular weight excluding hydrogens is 356 g/mol. The van der Waals surface area contributed by atoms with Gasteiger partial charge in [-0.05, 0) is 23.3 Å². The molecule has 142 valence electrons. The average molecular weight is 376 g/mol. The van der Waals surface area contributed by atoms with Gasteiger partial charge in [-0.1, -0.05) is 52.8 Å². The van der Waals surface area contributed by atoms with E-state index < -0.39 is 0 Å². The Morgan fingerprint density at radius 3 is 2.50 bits per heavy atom. The quantitative estimate of drug-likeness (QED) is 0.650. The van der Waals surface area contributed by atoms with Gasteiger partial charge in [-0.3, -0.25) is 4.79 Å². The molecule has 1 amide bonds. The summed E-state index contributed by atoms with van der Waals surface area (Å²) in [5, 5.41) is 8.02. The summed E-state index contributed by atoms with van der Waals surface area (Å²) in [6.45, 7) is 2.09. The molecule has 28 heavy (non-hydrogen) atoms. The zero-order valence-electron chi connectivity index (χ0n) is 15.7. The number of benzene rings is 2. The SMILES string of the molecule is CO/N=C1/C[C@@H](c2noc(C)n2)N(C(=O)c2ccc(-c3ccccc3)cc2)C1. The van der Waals surface area contributed by atoms with E-state index in [9.17, 15) is 4.79 Å². The number of amides is 1. The largest absolute Gasteiger partial charge is 0.399 e. The van der Waals surface area contributed by atoms with Gasteiger partial charge in [0, 0.05) is 18.9 Å². The van der Waals surface area contributed by atoms with Gasteiger partial charge in [-0.25, -0.2) is 0 Å². The molecule has 3 aromatic rings. The Labute approximate surface area is 162 Å². The van der Waals surface area contributed by atoms with Crippen LogP contribution in [0.25, 0.3) is 11.1 Å². The number of carbonyl (C=O) groups is 1. The molecule has 2 heterocycles. The van der Waals surface area contributed by atoms with E-state index in [1.165, 1.54) is 7.11 Å². The summed E-state index contributed by atoms with van der Waals surface area (Å²) in [5.74, 6) is 0.841. The molecule has 1 aliphatic heterocycles. The fourth-order valence-electron chi connectivity index (χ4n) is 3.40. The van der Waals surface area contributed by atoms with Gasteiger partial charge < -0.3 is 14.3 Å². The van der Waals surface area contributed by atoms with Crippen LogP contribution in [0.3, 0.4) is 0 Å². The van der Waals surface area contributed by atoms with Crippen molar-refractivity contribution in [1.82, 2.24) is 15.0 Å². The third-order valence-corrected chi connectivity index (χ3v) is 4.72. The summed E-state index contributed by atoms with van der Waals surface area (Å²) < 4.78 is 5.10. The standard InChI is InChI=1S/C21H20N4O3/c1-14-22-20(24-28-14)19-12-18(23-27-2)13-25(19)21(26)17-10-8-16(9-11-17)15-6-4-3-5-7-15/h3-11,19H,12-13H2,1-2H3/b23-18-/t19-/m0/s1. The van der Waals surface area contributed by atoms with Crippen molar-refractivity contribution in [2.45, 2.75) is 19.4 Å². The van der Waals surface area contributed by atoms with Crippen molar-refractivity contribution in [3.05, 3.63) is 71.9 Å². The minimum absolute atomic E-state index is 0.103. The summed E-state index contributed by atoms with van der Waals surface area (Å²) in [7, 11) is 1.49. The van der Waals surface area contributed by atoms with Crippen LogP contribution in [0.2, 0.25) is 0 Å². The van der Waals surface area contributed by atoms with Gasteiger partial charge in [0.05, 0.1) is 12.3 Å². The highest BCUT2D eigenvalue weighted by atomic mass is 16.6. The maximum Gasteiger partial charge on any atom is 0.254 e. The zero-order valence-corrected chi connectivity index (χ0v) is 15.7. The Morgan fingerprint density at radius 2 is 1.86 bits per heavy atom. The van der Waals surface area contributed by atoms with Gasteiger partial charge in [-0.15, -0.1) is 0 Å². The van der Waals surface area contributed by atoms with E-state index in [4.69, 9.17) is 9.36 Å². The van der Waals surface area contributed by atoms with Gasteiger partial charge in [0.25, 0.3) is 5.91 Å². The molecule has 4 rings (SSSR count). The average Bonchev–Trinajstić information content (AvgIpc) is 3.35. The van der Waals surface area contributed by atoms with Crippen LogP contribution in [0.5, 0.6) is 0 Å². The van der Waals surface area contributed by atoms with Crippen molar-refractivity contribution in [2.24, 2.45) is 5.16 Å². The maximum atomic E-state index is 13.2. The smallest absolute Gasteiger partial charge is 0.254 e. The van der Waals surface area contributed by atoms with E-state index >= 15 is 0 Å². The molecule has 1 fully saturated rings. The number of aryl methyl sites for hydroxylation is 1. The molecule has 0 spiro atoms. The first-order valence-electron chi connectivity index (χ1n) is 9.01. The fraction of sp³-hybridized carbons (Fsp3) is 0.238. The first kappa shape index (κ1) is 17.9. The minimum atomic E-state index is -0.326. The van der Waals surface area contributed by atoms with Crippen molar-refractivity contribution in [2.75, 3.05) is 13.7 Å². The number of hydrogen-bond donors (Lipinski definition) is 0. The van der Waals surface area contributed by atoms with Crippen LogP contribution < -0.4 is 0 Å². The highest BCUT2D eigenvalue weighted by molar-refractivity contribution is 6.00. The third-order valence-electron chi connectivity index (χ3n) is 4.72. The molecule has 1 saturated heterocycles. The second kappa shape index (κ2) is 7.64. The van der Waals surface area contributed by atoms with Gasteiger partial charge in [-0.2, -0.15) is 4.98 Å². The Bertz CT molecular complexity index is 996. The van der Waals surface area contributed by atoms with Crippen LogP contribution >= 0.6 is 0 Å². The van der Waals surface area contributed by atoms with Crippen molar-refractivity contribution >= 4 is 11.6 Å². The number of rotatable bonds is 4. The molecule has 0 bridgehead atoms.